The van der Waals surface area contributed by atoms with Gasteiger partial charge in [0.05, 0.1) is 17.7 Å². The fraction of sp³-hybridized carbons (Fsp3) is 0.600. The van der Waals surface area contributed by atoms with Crippen LogP contribution in [-0.2, 0) is 10.0 Å². The van der Waals surface area contributed by atoms with Gasteiger partial charge in [-0.1, -0.05) is 0 Å². The van der Waals surface area contributed by atoms with Crippen molar-refractivity contribution in [1.82, 2.24) is 19.2 Å². The minimum absolute atomic E-state index is 0.0634. The summed E-state index contributed by atoms with van der Waals surface area (Å²) in [6.07, 6.45) is 1.24. The molecule has 1 aliphatic heterocycles. The monoisotopic (exact) mass is 370 g/mol. The molecule has 2 aromatic heterocycles. The number of aromatic amines is 1. The zero-order chi connectivity index (χ0) is 17.6. The Labute approximate surface area is 145 Å². The number of nitrogens with one attached hydrogen (secondary N) is 1. The van der Waals surface area contributed by atoms with Crippen molar-refractivity contribution < 1.29 is 8.42 Å². The average molecular weight is 371 g/mol. The van der Waals surface area contributed by atoms with Crippen LogP contribution < -0.4 is 5.56 Å². The molecular weight excluding hydrogens is 348 g/mol. The Kier molecular flexibility index (Phi) is 4.54. The summed E-state index contributed by atoms with van der Waals surface area (Å²) in [5.41, 5.74) is 0.892. The third-order valence-electron chi connectivity index (χ3n) is 4.74. The van der Waals surface area contributed by atoms with Crippen LogP contribution in [0, 0.1) is 13.8 Å². The first-order chi connectivity index (χ1) is 11.2. The molecule has 1 saturated heterocycles. The second-order valence-electron chi connectivity index (χ2n) is 6.29. The maximum absolute atomic E-state index is 12.4. The normalized spacial score (nSPS) is 19.0. The smallest absolute Gasteiger partial charge is 0.259 e. The summed E-state index contributed by atoms with van der Waals surface area (Å²) < 4.78 is 24.7. The minimum Gasteiger partial charge on any atom is -0.309 e. The lowest BCUT2D eigenvalue weighted by Gasteiger charge is -2.36. The molecule has 3 rings (SSSR count). The van der Waals surface area contributed by atoms with Crippen LogP contribution >= 0.6 is 11.3 Å². The number of piperazine rings is 1. The number of nitrogens with zero attached hydrogens (tertiary/aromatic N) is 3. The lowest BCUT2D eigenvalue weighted by atomic mass is 10.2. The van der Waals surface area contributed by atoms with E-state index in [0.29, 0.717) is 37.4 Å². The van der Waals surface area contributed by atoms with Gasteiger partial charge in [0.2, 0.25) is 10.0 Å². The van der Waals surface area contributed by atoms with Crippen LogP contribution in [0.3, 0.4) is 0 Å². The molecule has 0 spiro atoms. The number of hydrogen-bond acceptors (Lipinski definition) is 6. The summed E-state index contributed by atoms with van der Waals surface area (Å²) in [6.45, 7) is 8.11. The largest absolute Gasteiger partial charge is 0.309 e. The Morgan fingerprint density at radius 3 is 2.42 bits per heavy atom. The van der Waals surface area contributed by atoms with E-state index in [1.165, 1.54) is 21.9 Å². The number of aryl methyl sites for hydroxylation is 2. The van der Waals surface area contributed by atoms with Crippen LogP contribution in [0.1, 0.15) is 29.2 Å². The van der Waals surface area contributed by atoms with E-state index >= 15 is 0 Å². The minimum atomic E-state index is -3.14. The number of fused-ring (bicyclic) bond motifs is 1. The van der Waals surface area contributed by atoms with Crippen LogP contribution in [-0.4, -0.2) is 60.0 Å². The van der Waals surface area contributed by atoms with Gasteiger partial charge in [0.1, 0.15) is 10.7 Å². The number of hydrogen-bond donors (Lipinski definition) is 1. The molecule has 0 saturated carbocycles. The Bertz CT molecular complexity index is 924. The third kappa shape index (κ3) is 3.13. The molecule has 0 aromatic carbocycles. The van der Waals surface area contributed by atoms with Gasteiger partial charge in [-0.2, -0.15) is 4.31 Å². The Morgan fingerprint density at radius 2 is 1.83 bits per heavy atom. The first-order valence-electron chi connectivity index (χ1n) is 7.87. The van der Waals surface area contributed by atoms with Gasteiger partial charge >= 0.3 is 0 Å². The van der Waals surface area contributed by atoms with Crippen LogP contribution in [0.25, 0.3) is 10.2 Å². The number of rotatable bonds is 3. The summed E-state index contributed by atoms with van der Waals surface area (Å²) in [6, 6.07) is -0.0634. The van der Waals surface area contributed by atoms with Crippen molar-refractivity contribution in [2.75, 3.05) is 32.4 Å². The maximum Gasteiger partial charge on any atom is 0.259 e. The number of sulfonamides is 1. The summed E-state index contributed by atoms with van der Waals surface area (Å²) in [7, 11) is -3.14. The van der Waals surface area contributed by atoms with Crippen LogP contribution in [0.15, 0.2) is 4.79 Å². The first kappa shape index (κ1) is 17.5. The second-order valence-corrected chi connectivity index (χ2v) is 9.47. The zero-order valence-corrected chi connectivity index (χ0v) is 15.9. The number of thiophene rings is 1. The molecule has 1 aliphatic rings. The molecule has 1 N–H and O–H groups in total. The molecule has 1 atom stereocenters. The molecule has 1 unspecified atom stereocenters. The highest BCUT2D eigenvalue weighted by atomic mass is 32.2. The van der Waals surface area contributed by atoms with Crippen molar-refractivity contribution in [1.29, 1.82) is 0 Å². The van der Waals surface area contributed by atoms with Gasteiger partial charge in [-0.3, -0.25) is 9.69 Å². The van der Waals surface area contributed by atoms with E-state index in [9.17, 15) is 13.2 Å². The van der Waals surface area contributed by atoms with Crippen molar-refractivity contribution in [2.45, 2.75) is 26.8 Å². The topological polar surface area (TPSA) is 86.4 Å². The standard InChI is InChI=1S/C15H22N4O3S2/c1-9-11(3)23-15-12(9)14(20)16-13(17-15)10(2)18-5-7-19(8-6-18)24(4,21)22/h10H,5-8H2,1-4H3,(H,16,17,20). The molecule has 1 fully saturated rings. The van der Waals surface area contributed by atoms with Gasteiger partial charge < -0.3 is 4.98 Å². The van der Waals surface area contributed by atoms with Gasteiger partial charge in [-0.15, -0.1) is 11.3 Å². The van der Waals surface area contributed by atoms with E-state index in [1.54, 1.807) is 0 Å². The van der Waals surface area contributed by atoms with Crippen molar-refractivity contribution in [3.05, 3.63) is 26.6 Å². The summed E-state index contributed by atoms with van der Waals surface area (Å²) in [5, 5.41) is 0.676. The highest BCUT2D eigenvalue weighted by molar-refractivity contribution is 7.88. The molecule has 24 heavy (non-hydrogen) atoms. The van der Waals surface area contributed by atoms with Gasteiger partial charge in [0, 0.05) is 31.1 Å². The average Bonchev–Trinajstić information content (AvgIpc) is 2.81. The van der Waals surface area contributed by atoms with Gasteiger partial charge in [-0.25, -0.2) is 13.4 Å². The van der Waals surface area contributed by atoms with Crippen molar-refractivity contribution in [3.8, 4) is 0 Å². The third-order valence-corrected chi connectivity index (χ3v) is 7.15. The molecule has 0 bridgehead atoms. The molecule has 7 nitrogen and oxygen atoms in total. The van der Waals surface area contributed by atoms with Gasteiger partial charge in [0.25, 0.3) is 5.56 Å². The van der Waals surface area contributed by atoms with E-state index in [-0.39, 0.29) is 11.6 Å². The lowest BCUT2D eigenvalue weighted by molar-refractivity contribution is 0.141. The summed E-state index contributed by atoms with van der Waals surface area (Å²) in [5.74, 6) is 0.640. The van der Waals surface area contributed by atoms with E-state index < -0.39 is 10.0 Å². The van der Waals surface area contributed by atoms with Crippen LogP contribution in [0.4, 0.5) is 0 Å². The first-order valence-corrected chi connectivity index (χ1v) is 10.5. The molecule has 2 aromatic rings. The van der Waals surface area contributed by atoms with Gasteiger partial charge in [0.15, 0.2) is 0 Å². The predicted molar refractivity (Wildman–Crippen MR) is 96.1 cm³/mol. The maximum atomic E-state index is 12.4. The SMILES string of the molecule is Cc1sc2nc(C(C)N3CCN(S(C)(=O)=O)CC3)[nH]c(=O)c2c1C. The molecule has 9 heteroatoms. The molecule has 0 amide bonds. The highest BCUT2D eigenvalue weighted by Gasteiger charge is 2.27. The lowest BCUT2D eigenvalue weighted by Crippen LogP contribution is -2.49. The Balaban J connectivity index is 1.85. The van der Waals surface area contributed by atoms with Crippen molar-refractivity contribution >= 4 is 31.6 Å². The van der Waals surface area contributed by atoms with E-state index in [1.807, 2.05) is 20.8 Å². The Hall–Kier alpha value is -1.29. The fourth-order valence-electron chi connectivity index (χ4n) is 3.06. The predicted octanol–water partition coefficient (Wildman–Crippen LogP) is 1.24. The van der Waals surface area contributed by atoms with Crippen LogP contribution in [0.2, 0.25) is 0 Å². The molecule has 132 valence electrons. The van der Waals surface area contributed by atoms with Crippen LogP contribution in [0.5, 0.6) is 0 Å². The zero-order valence-electron chi connectivity index (χ0n) is 14.3. The highest BCUT2D eigenvalue weighted by Crippen LogP contribution is 2.27. The van der Waals surface area contributed by atoms with Crippen molar-refractivity contribution in [3.63, 3.8) is 0 Å². The van der Waals surface area contributed by atoms with E-state index in [2.05, 4.69) is 14.9 Å². The molecule has 0 radical (unpaired) electrons. The van der Waals surface area contributed by atoms with Gasteiger partial charge in [-0.05, 0) is 26.3 Å². The summed E-state index contributed by atoms with van der Waals surface area (Å²) in [4.78, 5) is 24.0. The quantitative estimate of drug-likeness (QED) is 0.878. The number of H-pyrrole nitrogens is 1. The molecule has 0 aliphatic carbocycles. The van der Waals surface area contributed by atoms with E-state index in [0.717, 1.165) is 15.3 Å². The second kappa shape index (κ2) is 6.21. The number of aromatic nitrogens is 2. The Morgan fingerprint density at radius 1 is 1.21 bits per heavy atom. The fourth-order valence-corrected chi connectivity index (χ4v) is 4.93. The molecular formula is C15H22N4O3S2. The summed E-state index contributed by atoms with van der Waals surface area (Å²) >= 11 is 1.54. The molecule has 3 heterocycles. The van der Waals surface area contributed by atoms with Crippen molar-refractivity contribution in [2.24, 2.45) is 0 Å². The van der Waals surface area contributed by atoms with E-state index in [4.69, 9.17) is 0 Å².